The van der Waals surface area contributed by atoms with E-state index in [1.807, 2.05) is 0 Å². The lowest BCUT2D eigenvalue weighted by molar-refractivity contribution is -0.120. The summed E-state index contributed by atoms with van der Waals surface area (Å²) >= 11 is 4.00. The molecule has 0 aromatic carbocycles. The third kappa shape index (κ3) is 9.90. The number of unbranched alkanes of at least 4 members (excludes halogenated alkanes) is 5. The normalized spacial score (nSPS) is 10.1. The van der Waals surface area contributed by atoms with E-state index < -0.39 is 0 Å². The molecular weight excluding hydrogens is 194 g/mol. The summed E-state index contributed by atoms with van der Waals surface area (Å²) in [6, 6.07) is 0. The van der Waals surface area contributed by atoms with E-state index in [2.05, 4.69) is 24.9 Å². The molecule has 14 heavy (non-hydrogen) atoms. The molecule has 0 saturated heterocycles. The smallest absolute Gasteiger partial charge is 0.220 e. The lowest BCUT2D eigenvalue weighted by Gasteiger charge is -2.03. The molecule has 84 valence electrons. The standard InChI is InChI=1S/C11H23NOS/c1-2-3-4-5-6-7-9-12-11(13)8-10-14/h14H,2-10H2,1H3,(H,12,13). The highest BCUT2D eigenvalue weighted by molar-refractivity contribution is 7.80. The van der Waals surface area contributed by atoms with Gasteiger partial charge >= 0.3 is 0 Å². The summed E-state index contributed by atoms with van der Waals surface area (Å²) in [5.74, 6) is 0.774. The second kappa shape index (κ2) is 10.9. The van der Waals surface area contributed by atoms with Gasteiger partial charge in [-0.15, -0.1) is 0 Å². The first kappa shape index (κ1) is 13.8. The van der Waals surface area contributed by atoms with Gasteiger partial charge in [-0.1, -0.05) is 39.0 Å². The minimum absolute atomic E-state index is 0.133. The molecule has 3 heteroatoms. The minimum Gasteiger partial charge on any atom is -0.356 e. The summed E-state index contributed by atoms with van der Waals surface area (Å²) in [6.45, 7) is 3.05. The summed E-state index contributed by atoms with van der Waals surface area (Å²) in [5, 5.41) is 2.89. The van der Waals surface area contributed by atoms with Crippen molar-refractivity contribution in [3.8, 4) is 0 Å². The quantitative estimate of drug-likeness (QED) is 0.451. The summed E-state index contributed by atoms with van der Waals surface area (Å²) in [6.07, 6.45) is 8.16. The Morgan fingerprint density at radius 3 is 2.43 bits per heavy atom. The number of hydrogen-bond acceptors (Lipinski definition) is 2. The molecule has 0 spiro atoms. The van der Waals surface area contributed by atoms with Crippen LogP contribution in [0, 0.1) is 0 Å². The Hall–Kier alpha value is -0.180. The van der Waals surface area contributed by atoms with Crippen LogP contribution in [0.3, 0.4) is 0 Å². The van der Waals surface area contributed by atoms with Gasteiger partial charge in [0.1, 0.15) is 0 Å². The highest BCUT2D eigenvalue weighted by Gasteiger charge is 1.97. The maximum Gasteiger partial charge on any atom is 0.220 e. The lowest BCUT2D eigenvalue weighted by atomic mass is 10.1. The fourth-order valence-electron chi connectivity index (χ4n) is 1.32. The van der Waals surface area contributed by atoms with E-state index in [0.29, 0.717) is 12.2 Å². The number of amides is 1. The summed E-state index contributed by atoms with van der Waals surface area (Å²) < 4.78 is 0. The van der Waals surface area contributed by atoms with Gasteiger partial charge < -0.3 is 5.32 Å². The van der Waals surface area contributed by atoms with Crippen LogP contribution in [-0.4, -0.2) is 18.2 Å². The highest BCUT2D eigenvalue weighted by Crippen LogP contribution is 2.03. The van der Waals surface area contributed by atoms with Gasteiger partial charge in [0.15, 0.2) is 0 Å². The van der Waals surface area contributed by atoms with Crippen LogP contribution in [0.15, 0.2) is 0 Å². The molecule has 0 aromatic rings. The molecule has 0 unspecified atom stereocenters. The average molecular weight is 217 g/mol. The van der Waals surface area contributed by atoms with E-state index in [1.165, 1.54) is 32.1 Å². The number of thiol groups is 1. The van der Waals surface area contributed by atoms with Crippen LogP contribution in [0.1, 0.15) is 51.9 Å². The van der Waals surface area contributed by atoms with Crippen LogP contribution < -0.4 is 5.32 Å². The molecule has 1 N–H and O–H groups in total. The first-order valence-electron chi connectivity index (χ1n) is 5.68. The van der Waals surface area contributed by atoms with Gasteiger partial charge in [-0.05, 0) is 12.2 Å². The van der Waals surface area contributed by atoms with Crippen LogP contribution in [0.2, 0.25) is 0 Å². The maximum absolute atomic E-state index is 11.0. The van der Waals surface area contributed by atoms with E-state index in [1.54, 1.807) is 0 Å². The van der Waals surface area contributed by atoms with E-state index in [0.717, 1.165) is 13.0 Å². The Labute approximate surface area is 93.3 Å². The van der Waals surface area contributed by atoms with Gasteiger partial charge in [0.05, 0.1) is 0 Å². The molecule has 0 aliphatic heterocycles. The van der Waals surface area contributed by atoms with Crippen molar-refractivity contribution in [2.24, 2.45) is 0 Å². The molecule has 0 bridgehead atoms. The van der Waals surface area contributed by atoms with Gasteiger partial charge in [-0.2, -0.15) is 12.6 Å². The number of rotatable bonds is 9. The zero-order valence-electron chi connectivity index (χ0n) is 9.22. The predicted octanol–water partition coefficient (Wildman–Crippen LogP) is 2.78. The maximum atomic E-state index is 11.0. The molecule has 0 fully saturated rings. The lowest BCUT2D eigenvalue weighted by Crippen LogP contribution is -2.24. The Morgan fingerprint density at radius 2 is 1.79 bits per heavy atom. The number of carbonyl (C=O) groups is 1. The molecule has 0 radical (unpaired) electrons. The fraction of sp³-hybridized carbons (Fsp3) is 0.909. The molecule has 2 nitrogen and oxygen atoms in total. The summed E-state index contributed by atoms with van der Waals surface area (Å²) in [5.41, 5.74) is 0. The predicted molar refractivity (Wildman–Crippen MR) is 64.9 cm³/mol. The molecular formula is C11H23NOS. The molecule has 0 aromatic heterocycles. The largest absolute Gasteiger partial charge is 0.356 e. The van der Waals surface area contributed by atoms with E-state index >= 15 is 0 Å². The molecule has 1 amide bonds. The Kier molecular flexibility index (Phi) is 10.8. The van der Waals surface area contributed by atoms with Gasteiger partial charge in [-0.3, -0.25) is 4.79 Å². The van der Waals surface area contributed by atoms with Crippen LogP contribution in [0.5, 0.6) is 0 Å². The van der Waals surface area contributed by atoms with E-state index in [-0.39, 0.29) is 5.91 Å². The molecule has 0 rings (SSSR count). The average Bonchev–Trinajstić information content (AvgIpc) is 2.17. The topological polar surface area (TPSA) is 29.1 Å². The van der Waals surface area contributed by atoms with Crippen molar-refractivity contribution in [3.63, 3.8) is 0 Å². The van der Waals surface area contributed by atoms with Crippen molar-refractivity contribution in [3.05, 3.63) is 0 Å². The van der Waals surface area contributed by atoms with Crippen molar-refractivity contribution in [1.29, 1.82) is 0 Å². The number of hydrogen-bond donors (Lipinski definition) is 2. The van der Waals surface area contributed by atoms with Crippen molar-refractivity contribution in [2.75, 3.05) is 12.3 Å². The van der Waals surface area contributed by atoms with Gasteiger partial charge in [0.25, 0.3) is 0 Å². The Bertz CT molecular complexity index is 139. The van der Waals surface area contributed by atoms with Crippen molar-refractivity contribution in [2.45, 2.75) is 51.9 Å². The number of nitrogens with one attached hydrogen (secondary N) is 1. The number of carbonyl (C=O) groups excluding carboxylic acids is 1. The van der Waals surface area contributed by atoms with E-state index in [4.69, 9.17) is 0 Å². The van der Waals surface area contributed by atoms with Gasteiger partial charge in [0, 0.05) is 13.0 Å². The fourth-order valence-corrected chi connectivity index (χ4v) is 1.53. The zero-order chi connectivity index (χ0) is 10.6. The molecule has 0 saturated carbocycles. The second-order valence-electron chi connectivity index (χ2n) is 3.59. The SMILES string of the molecule is CCCCCCCCNC(=O)CCS. The molecule has 0 aliphatic rings. The van der Waals surface area contributed by atoms with Crippen molar-refractivity contribution < 1.29 is 4.79 Å². The highest BCUT2D eigenvalue weighted by atomic mass is 32.1. The van der Waals surface area contributed by atoms with Crippen LogP contribution in [-0.2, 0) is 4.79 Å². The van der Waals surface area contributed by atoms with Crippen LogP contribution >= 0.6 is 12.6 Å². The first-order chi connectivity index (χ1) is 6.81. The molecule has 0 atom stereocenters. The molecule has 0 aliphatic carbocycles. The van der Waals surface area contributed by atoms with E-state index in [9.17, 15) is 4.79 Å². The summed E-state index contributed by atoms with van der Waals surface area (Å²) in [7, 11) is 0. The Balaban J connectivity index is 3.01. The van der Waals surface area contributed by atoms with Crippen molar-refractivity contribution >= 4 is 18.5 Å². The second-order valence-corrected chi connectivity index (χ2v) is 4.04. The monoisotopic (exact) mass is 217 g/mol. The van der Waals surface area contributed by atoms with Gasteiger partial charge in [0.2, 0.25) is 5.91 Å². The Morgan fingerprint density at radius 1 is 1.14 bits per heavy atom. The third-order valence-electron chi connectivity index (χ3n) is 2.19. The molecule has 0 heterocycles. The minimum atomic E-state index is 0.133. The summed E-state index contributed by atoms with van der Waals surface area (Å²) in [4.78, 5) is 11.0. The zero-order valence-corrected chi connectivity index (χ0v) is 10.1. The van der Waals surface area contributed by atoms with Crippen LogP contribution in [0.25, 0.3) is 0 Å². The third-order valence-corrected chi connectivity index (χ3v) is 2.41. The van der Waals surface area contributed by atoms with Crippen molar-refractivity contribution in [1.82, 2.24) is 5.32 Å². The van der Waals surface area contributed by atoms with Crippen LogP contribution in [0.4, 0.5) is 0 Å². The first-order valence-corrected chi connectivity index (χ1v) is 6.32. The van der Waals surface area contributed by atoms with Gasteiger partial charge in [-0.25, -0.2) is 0 Å².